The van der Waals surface area contributed by atoms with Crippen LogP contribution >= 0.6 is 0 Å². The molecule has 0 amide bonds. The summed E-state index contributed by atoms with van der Waals surface area (Å²) in [5.41, 5.74) is 11.6. The molecule has 9 rings (SSSR count). The Morgan fingerprint density at radius 3 is 2.06 bits per heavy atom. The summed E-state index contributed by atoms with van der Waals surface area (Å²) in [4.78, 5) is 15.3. The number of fused-ring (bicyclic) bond motifs is 8. The molecule has 0 bridgehead atoms. The standard InChI is InChI=1S/C47H42N4O/c1-27(2)35-24-31(29-14-9-8-10-15-29)25-36(28(3)4)42(35)51-43-32-17-12-11-16-30(32)20-21-39(43)49-45(51)34-19-13-18-33-41-37-26-48-46(47(5,6)7)50-38(37)22-23-40(41)52-44(33)34/h8-28H,1-7H3. The molecule has 9 aromatic rings. The fourth-order valence-electron chi connectivity index (χ4n) is 7.79. The third-order valence-electron chi connectivity index (χ3n) is 10.4. The van der Waals surface area contributed by atoms with Gasteiger partial charge in [0.15, 0.2) is 0 Å². The normalized spacial score (nSPS) is 12.5. The largest absolute Gasteiger partial charge is 0.455 e. The average Bonchev–Trinajstić information content (AvgIpc) is 3.73. The van der Waals surface area contributed by atoms with Crippen LogP contribution in [0.2, 0.25) is 0 Å². The zero-order chi connectivity index (χ0) is 35.9. The Bertz CT molecular complexity index is 2800. The van der Waals surface area contributed by atoms with Crippen LogP contribution in [0.3, 0.4) is 0 Å². The van der Waals surface area contributed by atoms with E-state index in [2.05, 4.69) is 156 Å². The Labute approximate surface area is 304 Å². The molecule has 0 aliphatic heterocycles. The number of rotatable bonds is 5. The molecule has 0 atom stereocenters. The van der Waals surface area contributed by atoms with Crippen molar-refractivity contribution in [3.8, 4) is 28.2 Å². The number of furan rings is 1. The third-order valence-corrected chi connectivity index (χ3v) is 10.4. The van der Waals surface area contributed by atoms with Crippen LogP contribution in [-0.4, -0.2) is 19.5 Å². The maximum absolute atomic E-state index is 6.84. The number of para-hydroxylation sites is 1. The van der Waals surface area contributed by atoms with Gasteiger partial charge in [-0.1, -0.05) is 121 Å². The van der Waals surface area contributed by atoms with Gasteiger partial charge in [-0.2, -0.15) is 0 Å². The topological polar surface area (TPSA) is 56.7 Å². The van der Waals surface area contributed by atoms with Crippen LogP contribution < -0.4 is 0 Å². The van der Waals surface area contributed by atoms with Crippen LogP contribution in [0.4, 0.5) is 0 Å². The molecule has 3 heterocycles. The van der Waals surface area contributed by atoms with Gasteiger partial charge in [0.05, 0.1) is 27.8 Å². The third kappa shape index (κ3) is 5.02. The Balaban J connectivity index is 1.40. The monoisotopic (exact) mass is 678 g/mol. The molecule has 0 aliphatic carbocycles. The number of hydrogen-bond acceptors (Lipinski definition) is 4. The van der Waals surface area contributed by atoms with E-state index in [-0.39, 0.29) is 17.3 Å². The fourth-order valence-corrected chi connectivity index (χ4v) is 7.79. The van der Waals surface area contributed by atoms with Gasteiger partial charge in [-0.05, 0) is 75.9 Å². The molecule has 0 spiro atoms. The minimum atomic E-state index is -0.152. The maximum atomic E-state index is 6.84. The molecule has 0 N–H and O–H groups in total. The van der Waals surface area contributed by atoms with E-state index in [4.69, 9.17) is 19.4 Å². The van der Waals surface area contributed by atoms with Crippen molar-refractivity contribution in [2.24, 2.45) is 0 Å². The SMILES string of the molecule is CC(C)c1cc(-c2ccccc2)cc(C(C)C)c1-n1c(-c2cccc3c2oc2ccc4nc(C(C)(C)C)ncc4c23)nc2ccc3ccccc3c21. The van der Waals surface area contributed by atoms with Gasteiger partial charge in [-0.3, -0.25) is 4.57 Å². The molecule has 256 valence electrons. The molecule has 0 unspecified atom stereocenters. The van der Waals surface area contributed by atoms with Crippen molar-refractivity contribution in [2.45, 2.75) is 65.7 Å². The number of hydrogen-bond donors (Lipinski definition) is 0. The van der Waals surface area contributed by atoms with Crippen molar-refractivity contribution in [1.82, 2.24) is 19.5 Å². The Morgan fingerprint density at radius 2 is 1.33 bits per heavy atom. The maximum Gasteiger partial charge on any atom is 0.149 e. The van der Waals surface area contributed by atoms with Crippen molar-refractivity contribution >= 4 is 54.6 Å². The molecular weight excluding hydrogens is 637 g/mol. The summed E-state index contributed by atoms with van der Waals surface area (Å²) >= 11 is 0. The first-order chi connectivity index (χ1) is 25.1. The van der Waals surface area contributed by atoms with E-state index < -0.39 is 0 Å². The van der Waals surface area contributed by atoms with Crippen molar-refractivity contribution in [2.75, 3.05) is 0 Å². The lowest BCUT2D eigenvalue weighted by Gasteiger charge is -2.24. The first kappa shape index (κ1) is 32.1. The lowest BCUT2D eigenvalue weighted by Crippen LogP contribution is -2.15. The van der Waals surface area contributed by atoms with Crippen LogP contribution in [0, 0.1) is 0 Å². The lowest BCUT2D eigenvalue weighted by atomic mass is 9.88. The van der Waals surface area contributed by atoms with Gasteiger partial charge in [0, 0.05) is 33.2 Å². The zero-order valence-corrected chi connectivity index (χ0v) is 30.8. The minimum absolute atomic E-state index is 0.152. The fraction of sp³-hybridized carbons (Fsp3) is 0.213. The van der Waals surface area contributed by atoms with Crippen LogP contribution in [0.15, 0.2) is 120 Å². The van der Waals surface area contributed by atoms with Gasteiger partial charge in [-0.25, -0.2) is 15.0 Å². The van der Waals surface area contributed by atoms with Crippen LogP contribution in [0.1, 0.15) is 77.3 Å². The molecular formula is C47H42N4O. The molecule has 0 aliphatic rings. The van der Waals surface area contributed by atoms with Gasteiger partial charge in [0.1, 0.15) is 22.8 Å². The van der Waals surface area contributed by atoms with E-state index in [0.717, 1.165) is 61.1 Å². The quantitative estimate of drug-likeness (QED) is 0.182. The molecule has 0 saturated heterocycles. The van der Waals surface area contributed by atoms with E-state index in [1.165, 1.54) is 38.7 Å². The Hall–Kier alpha value is -5.81. The molecule has 3 aromatic heterocycles. The lowest BCUT2D eigenvalue weighted by molar-refractivity contribution is 0.548. The number of benzene rings is 6. The predicted molar refractivity (Wildman–Crippen MR) is 217 cm³/mol. The number of nitrogens with zero attached hydrogens (tertiary/aromatic N) is 4. The number of aromatic nitrogens is 4. The van der Waals surface area contributed by atoms with Gasteiger partial charge in [0.2, 0.25) is 0 Å². The molecule has 5 nitrogen and oxygen atoms in total. The van der Waals surface area contributed by atoms with Gasteiger partial charge >= 0.3 is 0 Å². The van der Waals surface area contributed by atoms with Crippen molar-refractivity contribution < 1.29 is 4.42 Å². The summed E-state index contributed by atoms with van der Waals surface area (Å²) in [6, 6.07) is 39.0. The highest BCUT2D eigenvalue weighted by Gasteiger charge is 2.27. The van der Waals surface area contributed by atoms with E-state index >= 15 is 0 Å². The summed E-state index contributed by atoms with van der Waals surface area (Å²) < 4.78 is 9.28. The van der Waals surface area contributed by atoms with E-state index in [1.54, 1.807) is 0 Å². The average molecular weight is 679 g/mol. The van der Waals surface area contributed by atoms with E-state index in [1.807, 2.05) is 12.3 Å². The highest BCUT2D eigenvalue weighted by molar-refractivity contribution is 6.20. The van der Waals surface area contributed by atoms with Gasteiger partial charge in [-0.15, -0.1) is 0 Å². The minimum Gasteiger partial charge on any atom is -0.455 e. The Kier molecular flexibility index (Phi) is 7.34. The van der Waals surface area contributed by atoms with Crippen LogP contribution in [0.5, 0.6) is 0 Å². The molecule has 52 heavy (non-hydrogen) atoms. The van der Waals surface area contributed by atoms with Crippen molar-refractivity contribution in [3.63, 3.8) is 0 Å². The summed E-state index contributed by atoms with van der Waals surface area (Å²) in [5.74, 6) is 2.20. The van der Waals surface area contributed by atoms with E-state index in [0.29, 0.717) is 0 Å². The zero-order valence-electron chi connectivity index (χ0n) is 30.8. The first-order valence-electron chi connectivity index (χ1n) is 18.3. The second-order valence-corrected chi connectivity index (χ2v) is 15.7. The molecule has 6 aromatic carbocycles. The highest BCUT2D eigenvalue weighted by Crippen LogP contribution is 2.44. The first-order valence-corrected chi connectivity index (χ1v) is 18.3. The molecule has 5 heteroatoms. The van der Waals surface area contributed by atoms with Crippen LogP contribution in [-0.2, 0) is 5.41 Å². The van der Waals surface area contributed by atoms with Gasteiger partial charge < -0.3 is 4.42 Å². The van der Waals surface area contributed by atoms with Crippen molar-refractivity contribution in [1.29, 1.82) is 0 Å². The second kappa shape index (κ2) is 11.9. The second-order valence-electron chi connectivity index (χ2n) is 15.7. The Morgan fingerprint density at radius 1 is 0.635 bits per heavy atom. The smallest absolute Gasteiger partial charge is 0.149 e. The highest BCUT2D eigenvalue weighted by atomic mass is 16.3. The van der Waals surface area contributed by atoms with Gasteiger partial charge in [0.25, 0.3) is 0 Å². The molecule has 0 saturated carbocycles. The molecule has 0 radical (unpaired) electrons. The summed E-state index contributed by atoms with van der Waals surface area (Å²) in [5, 5.41) is 5.40. The predicted octanol–water partition coefficient (Wildman–Crippen LogP) is 12.9. The number of imidazole rings is 1. The summed E-state index contributed by atoms with van der Waals surface area (Å²) in [7, 11) is 0. The van der Waals surface area contributed by atoms with Crippen molar-refractivity contribution in [3.05, 3.63) is 132 Å². The van der Waals surface area contributed by atoms with Crippen LogP contribution in [0.25, 0.3) is 82.8 Å². The van der Waals surface area contributed by atoms with E-state index in [9.17, 15) is 0 Å². The summed E-state index contributed by atoms with van der Waals surface area (Å²) in [6.45, 7) is 15.6. The summed E-state index contributed by atoms with van der Waals surface area (Å²) in [6.07, 6.45) is 1.96. The molecule has 0 fully saturated rings.